The van der Waals surface area contributed by atoms with Crippen molar-refractivity contribution in [2.45, 2.75) is 39.2 Å². The Kier molecular flexibility index (Phi) is 6.25. The van der Waals surface area contributed by atoms with Gasteiger partial charge < -0.3 is 15.4 Å². The third-order valence-electron chi connectivity index (χ3n) is 5.29. The summed E-state index contributed by atoms with van der Waals surface area (Å²) in [6.07, 6.45) is 1.63. The highest BCUT2D eigenvalue weighted by molar-refractivity contribution is 5.95. The first-order chi connectivity index (χ1) is 13.2. The monoisotopic (exact) mass is 388 g/mol. The fraction of sp³-hybridized carbons (Fsp3) is 0.619. The largest absolute Gasteiger partial charge is 0.460 e. The number of ether oxygens (including phenoxy) is 1. The van der Waals surface area contributed by atoms with Gasteiger partial charge in [-0.25, -0.2) is 10.0 Å². The van der Waals surface area contributed by atoms with Gasteiger partial charge in [0.2, 0.25) is 0 Å². The maximum Gasteiger partial charge on any atom is 0.309 e. The molecule has 28 heavy (non-hydrogen) atoms. The smallest absolute Gasteiger partial charge is 0.309 e. The molecule has 0 aromatic heterocycles. The van der Waals surface area contributed by atoms with E-state index < -0.39 is 5.60 Å². The zero-order valence-corrected chi connectivity index (χ0v) is 17.2. The first-order valence-electron chi connectivity index (χ1n) is 10.1. The minimum atomic E-state index is -0.430. The van der Waals surface area contributed by atoms with Crippen molar-refractivity contribution in [2.75, 3.05) is 45.0 Å². The van der Waals surface area contributed by atoms with Gasteiger partial charge in [-0.2, -0.15) is 0 Å². The summed E-state index contributed by atoms with van der Waals surface area (Å²) in [5.41, 5.74) is 6.62. The standard InChI is InChI=1S/C21H32N4O3/c1-21(2,3)28-20(27)16-7-9-24(10-8-16)25-13-11-23(12-14-25)19(26)17-5-4-6-18(22)15-17/h4-6,15-16H,7-14,22H2,1-3H3. The molecule has 0 spiro atoms. The summed E-state index contributed by atoms with van der Waals surface area (Å²) in [6.45, 7) is 10.4. The minimum Gasteiger partial charge on any atom is -0.460 e. The van der Waals surface area contributed by atoms with Gasteiger partial charge in [0.05, 0.1) is 5.92 Å². The second-order valence-corrected chi connectivity index (χ2v) is 8.63. The second-order valence-electron chi connectivity index (χ2n) is 8.63. The Morgan fingerprint density at radius 1 is 1.00 bits per heavy atom. The summed E-state index contributed by atoms with van der Waals surface area (Å²) in [5, 5.41) is 4.64. The van der Waals surface area contributed by atoms with E-state index >= 15 is 0 Å². The van der Waals surface area contributed by atoms with Crippen molar-refractivity contribution in [2.24, 2.45) is 5.92 Å². The molecule has 7 heteroatoms. The number of anilines is 1. The molecule has 0 aliphatic carbocycles. The highest BCUT2D eigenvalue weighted by atomic mass is 16.6. The lowest BCUT2D eigenvalue weighted by Crippen LogP contribution is -2.56. The maximum atomic E-state index is 12.7. The molecule has 154 valence electrons. The molecular formula is C21H32N4O3. The van der Waals surface area contributed by atoms with Crippen LogP contribution in [0.2, 0.25) is 0 Å². The molecule has 7 nitrogen and oxygen atoms in total. The van der Waals surface area contributed by atoms with Crippen molar-refractivity contribution in [1.29, 1.82) is 0 Å². The SMILES string of the molecule is CC(C)(C)OC(=O)C1CCN(N2CCN(C(=O)c3cccc(N)c3)CC2)CC1. The molecule has 0 atom stereocenters. The van der Waals surface area contributed by atoms with Crippen LogP contribution in [0.5, 0.6) is 0 Å². The van der Waals surface area contributed by atoms with E-state index in [4.69, 9.17) is 10.5 Å². The molecule has 1 aromatic carbocycles. The molecule has 0 radical (unpaired) electrons. The molecule has 2 aliphatic heterocycles. The zero-order chi connectivity index (χ0) is 20.3. The van der Waals surface area contributed by atoms with Crippen molar-refractivity contribution >= 4 is 17.6 Å². The Morgan fingerprint density at radius 3 is 2.18 bits per heavy atom. The van der Waals surface area contributed by atoms with E-state index in [1.165, 1.54) is 0 Å². The lowest BCUT2D eigenvalue weighted by Gasteiger charge is -2.43. The number of hydrogen-bond donors (Lipinski definition) is 1. The first kappa shape index (κ1) is 20.6. The third kappa shape index (κ3) is 5.23. The van der Waals surface area contributed by atoms with Gasteiger partial charge in [0.1, 0.15) is 5.60 Å². The first-order valence-corrected chi connectivity index (χ1v) is 10.1. The number of amides is 1. The summed E-state index contributed by atoms with van der Waals surface area (Å²) >= 11 is 0. The minimum absolute atomic E-state index is 0.0121. The molecule has 2 aliphatic rings. The summed E-state index contributed by atoms with van der Waals surface area (Å²) in [5.74, 6) is -0.0536. The summed E-state index contributed by atoms with van der Waals surface area (Å²) < 4.78 is 5.52. The van der Waals surface area contributed by atoms with Gasteiger partial charge in [0.15, 0.2) is 0 Å². The van der Waals surface area contributed by atoms with Crippen molar-refractivity contribution in [3.63, 3.8) is 0 Å². The van der Waals surface area contributed by atoms with E-state index in [0.29, 0.717) is 24.3 Å². The van der Waals surface area contributed by atoms with Gasteiger partial charge in [0, 0.05) is 50.5 Å². The number of nitrogens with zero attached hydrogens (tertiary/aromatic N) is 3. The Hall–Kier alpha value is -2.12. The number of rotatable bonds is 3. The molecule has 2 heterocycles. The third-order valence-corrected chi connectivity index (χ3v) is 5.29. The summed E-state index contributed by atoms with van der Waals surface area (Å²) in [6, 6.07) is 7.14. The number of esters is 1. The maximum absolute atomic E-state index is 12.7. The molecule has 0 bridgehead atoms. The fourth-order valence-electron chi connectivity index (χ4n) is 3.81. The summed E-state index contributed by atoms with van der Waals surface area (Å²) in [7, 11) is 0. The van der Waals surface area contributed by atoms with Crippen LogP contribution in [-0.4, -0.2) is 71.7 Å². The topological polar surface area (TPSA) is 79.1 Å². The Bertz CT molecular complexity index is 700. The van der Waals surface area contributed by atoms with Crippen molar-refractivity contribution in [1.82, 2.24) is 14.9 Å². The molecule has 1 amide bonds. The molecule has 2 saturated heterocycles. The highest BCUT2D eigenvalue weighted by Crippen LogP contribution is 2.23. The van der Waals surface area contributed by atoms with Gasteiger partial charge in [-0.3, -0.25) is 9.59 Å². The number of benzene rings is 1. The number of piperazine rings is 1. The second kappa shape index (κ2) is 8.49. The number of hydrogen-bond acceptors (Lipinski definition) is 6. The zero-order valence-electron chi connectivity index (χ0n) is 17.2. The number of carbonyl (C=O) groups excluding carboxylic acids is 2. The van der Waals surface area contributed by atoms with Crippen LogP contribution in [0.4, 0.5) is 5.69 Å². The fourth-order valence-corrected chi connectivity index (χ4v) is 3.81. The van der Waals surface area contributed by atoms with Crippen LogP contribution in [0.25, 0.3) is 0 Å². The number of nitrogen functional groups attached to an aromatic ring is 1. The molecule has 2 fully saturated rings. The lowest BCUT2D eigenvalue weighted by molar-refractivity contribution is -0.164. The molecule has 0 unspecified atom stereocenters. The van der Waals surface area contributed by atoms with Gasteiger partial charge in [-0.15, -0.1) is 0 Å². The van der Waals surface area contributed by atoms with E-state index in [-0.39, 0.29) is 17.8 Å². The van der Waals surface area contributed by atoms with E-state index in [0.717, 1.165) is 39.0 Å². The number of hydrazine groups is 1. The van der Waals surface area contributed by atoms with Crippen LogP contribution in [0, 0.1) is 5.92 Å². The van der Waals surface area contributed by atoms with E-state index in [9.17, 15) is 9.59 Å². The molecule has 2 N–H and O–H groups in total. The lowest BCUT2D eigenvalue weighted by atomic mass is 9.97. The van der Waals surface area contributed by atoms with Crippen LogP contribution in [0.15, 0.2) is 24.3 Å². The molecule has 0 saturated carbocycles. The van der Waals surface area contributed by atoms with Crippen LogP contribution >= 0.6 is 0 Å². The van der Waals surface area contributed by atoms with Crippen molar-refractivity contribution in [3.8, 4) is 0 Å². The summed E-state index contributed by atoms with van der Waals surface area (Å²) in [4.78, 5) is 26.8. The molecule has 3 rings (SSSR count). The molecular weight excluding hydrogens is 356 g/mol. The average molecular weight is 389 g/mol. The number of carbonyl (C=O) groups is 2. The average Bonchev–Trinajstić information content (AvgIpc) is 2.66. The van der Waals surface area contributed by atoms with Crippen molar-refractivity contribution in [3.05, 3.63) is 29.8 Å². The highest BCUT2D eigenvalue weighted by Gasteiger charge is 2.32. The van der Waals surface area contributed by atoms with Gasteiger partial charge >= 0.3 is 5.97 Å². The van der Waals surface area contributed by atoms with E-state index in [1.807, 2.05) is 37.8 Å². The van der Waals surface area contributed by atoms with Crippen LogP contribution < -0.4 is 5.73 Å². The van der Waals surface area contributed by atoms with E-state index in [2.05, 4.69) is 10.0 Å². The molecule has 1 aromatic rings. The van der Waals surface area contributed by atoms with Crippen LogP contribution in [0.3, 0.4) is 0 Å². The van der Waals surface area contributed by atoms with Crippen LogP contribution in [-0.2, 0) is 9.53 Å². The predicted molar refractivity (Wildman–Crippen MR) is 108 cm³/mol. The van der Waals surface area contributed by atoms with Gasteiger partial charge in [-0.1, -0.05) is 6.07 Å². The number of piperidine rings is 1. The van der Waals surface area contributed by atoms with E-state index in [1.54, 1.807) is 12.1 Å². The normalized spacial score (nSPS) is 20.2. The quantitative estimate of drug-likeness (QED) is 0.630. The predicted octanol–water partition coefficient (Wildman–Crippen LogP) is 2.00. The van der Waals surface area contributed by atoms with Gasteiger partial charge in [-0.05, 0) is 51.8 Å². The van der Waals surface area contributed by atoms with Crippen LogP contribution in [0.1, 0.15) is 44.0 Å². The van der Waals surface area contributed by atoms with Crippen molar-refractivity contribution < 1.29 is 14.3 Å². The van der Waals surface area contributed by atoms with Gasteiger partial charge in [0.25, 0.3) is 5.91 Å². The Labute approximate surface area is 167 Å². The Balaban J connectivity index is 1.46. The Morgan fingerprint density at radius 2 is 1.61 bits per heavy atom. The number of nitrogens with two attached hydrogens (primary N) is 1.